The minimum absolute atomic E-state index is 0.0997. The number of ketones is 1. The summed E-state index contributed by atoms with van der Waals surface area (Å²) in [4.78, 5) is 39.2. The first-order valence-electron chi connectivity index (χ1n) is 10.5. The topological polar surface area (TPSA) is 72.5 Å². The molecule has 0 saturated heterocycles. The molecule has 0 bridgehead atoms. The van der Waals surface area contributed by atoms with Gasteiger partial charge < -0.3 is 10.1 Å². The number of thiophene rings is 1. The molecule has 2 aromatic carbocycles. The molecule has 1 heterocycles. The molecular weight excluding hydrogens is 465 g/mol. The highest BCUT2D eigenvalue weighted by Gasteiger charge is 2.27. The minimum atomic E-state index is -1.03. The van der Waals surface area contributed by atoms with Crippen LogP contribution in [0.3, 0.4) is 0 Å². The van der Waals surface area contributed by atoms with Crippen LogP contribution >= 0.6 is 22.9 Å². The van der Waals surface area contributed by atoms with Gasteiger partial charge >= 0.3 is 5.97 Å². The first-order chi connectivity index (χ1) is 15.8. The Bertz CT molecular complexity index is 1220. The fourth-order valence-corrected chi connectivity index (χ4v) is 5.35. The summed E-state index contributed by atoms with van der Waals surface area (Å²) in [5.74, 6) is -2.63. The lowest BCUT2D eigenvalue weighted by Crippen LogP contribution is -2.22. The molecule has 33 heavy (non-hydrogen) atoms. The van der Waals surface area contributed by atoms with Gasteiger partial charge in [0.25, 0.3) is 5.91 Å². The molecule has 0 fully saturated rings. The largest absolute Gasteiger partial charge is 0.452 e. The van der Waals surface area contributed by atoms with E-state index in [-0.39, 0.29) is 10.8 Å². The van der Waals surface area contributed by atoms with Crippen molar-refractivity contribution >= 4 is 45.6 Å². The lowest BCUT2D eigenvalue weighted by atomic mass is 9.91. The number of aryl methyl sites for hydroxylation is 2. The summed E-state index contributed by atoms with van der Waals surface area (Å²) in [5.41, 5.74) is 2.64. The number of fused-ring (bicyclic) bond motifs is 1. The first-order valence-corrected chi connectivity index (χ1v) is 11.7. The highest BCUT2D eigenvalue weighted by atomic mass is 35.5. The van der Waals surface area contributed by atoms with E-state index in [1.54, 1.807) is 12.1 Å². The summed E-state index contributed by atoms with van der Waals surface area (Å²) < 4.78 is 18.9. The highest BCUT2D eigenvalue weighted by molar-refractivity contribution is 7.17. The predicted molar refractivity (Wildman–Crippen MR) is 126 cm³/mol. The number of carbonyl (C=O) groups excluding carboxylic acids is 3. The number of hydrogen-bond acceptors (Lipinski definition) is 5. The first kappa shape index (κ1) is 23.1. The third-order valence-corrected chi connectivity index (χ3v) is 6.99. The van der Waals surface area contributed by atoms with Crippen LogP contribution in [0, 0.1) is 12.7 Å². The lowest BCUT2D eigenvalue weighted by molar-refractivity contribution is -0.119. The zero-order chi connectivity index (χ0) is 23.5. The second-order valence-corrected chi connectivity index (χ2v) is 9.34. The van der Waals surface area contributed by atoms with Crippen LogP contribution in [0.2, 0.25) is 5.02 Å². The fourth-order valence-electron chi connectivity index (χ4n) is 3.80. The lowest BCUT2D eigenvalue weighted by Gasteiger charge is -2.13. The van der Waals surface area contributed by atoms with Crippen molar-refractivity contribution in [2.75, 3.05) is 11.9 Å². The molecule has 1 aliphatic carbocycles. The second-order valence-electron chi connectivity index (χ2n) is 7.83. The maximum atomic E-state index is 13.9. The van der Waals surface area contributed by atoms with Gasteiger partial charge in [-0.1, -0.05) is 47.5 Å². The third kappa shape index (κ3) is 4.99. The molecule has 0 spiro atoms. The van der Waals surface area contributed by atoms with Crippen molar-refractivity contribution in [3.05, 3.63) is 86.0 Å². The standard InChI is InChI=1S/C25H21ClFNO4S/c1-14-9-11-15(12-10-14)23(30)21-16-5-2-3-8-19(16)33-24(21)28-20(29)13-32-25(31)22-17(26)6-4-7-18(22)27/h4,6-7,9-12H,2-3,5,8,13H2,1H3,(H,28,29). The Kier molecular flexibility index (Phi) is 6.91. The Morgan fingerprint density at radius 1 is 1.06 bits per heavy atom. The molecule has 1 N–H and O–H groups in total. The summed E-state index contributed by atoms with van der Waals surface area (Å²) in [6.45, 7) is 1.31. The third-order valence-electron chi connectivity index (χ3n) is 5.47. The molecule has 3 aromatic rings. The van der Waals surface area contributed by atoms with Crippen molar-refractivity contribution in [1.29, 1.82) is 0 Å². The Hall–Kier alpha value is -3.03. The molecule has 8 heteroatoms. The van der Waals surface area contributed by atoms with Crippen LogP contribution in [0.25, 0.3) is 0 Å². The molecule has 1 aliphatic rings. The molecule has 170 valence electrons. The van der Waals surface area contributed by atoms with Crippen LogP contribution in [0.4, 0.5) is 9.39 Å². The Labute approximate surface area is 199 Å². The molecule has 0 radical (unpaired) electrons. The van der Waals surface area contributed by atoms with Crippen molar-refractivity contribution in [3.8, 4) is 0 Å². The van der Waals surface area contributed by atoms with E-state index in [0.717, 1.165) is 47.8 Å². The maximum absolute atomic E-state index is 13.9. The van der Waals surface area contributed by atoms with Gasteiger partial charge in [0.15, 0.2) is 12.4 Å². The molecule has 0 saturated carbocycles. The van der Waals surface area contributed by atoms with Gasteiger partial charge in [-0.2, -0.15) is 0 Å². The summed E-state index contributed by atoms with van der Waals surface area (Å²) in [5, 5.41) is 3.06. The molecule has 1 amide bonds. The Balaban J connectivity index is 1.53. The van der Waals surface area contributed by atoms with E-state index in [9.17, 15) is 18.8 Å². The molecule has 0 atom stereocenters. The van der Waals surface area contributed by atoms with Gasteiger partial charge in [-0.25, -0.2) is 9.18 Å². The highest BCUT2D eigenvalue weighted by Crippen LogP contribution is 2.39. The number of hydrogen-bond donors (Lipinski definition) is 1. The second kappa shape index (κ2) is 9.85. The number of esters is 1. The van der Waals surface area contributed by atoms with E-state index in [1.807, 2.05) is 19.1 Å². The number of anilines is 1. The van der Waals surface area contributed by atoms with Crippen molar-refractivity contribution in [1.82, 2.24) is 0 Å². The smallest absolute Gasteiger partial charge is 0.343 e. The van der Waals surface area contributed by atoms with Gasteiger partial charge in [-0.3, -0.25) is 9.59 Å². The van der Waals surface area contributed by atoms with Gasteiger partial charge in [0.05, 0.1) is 10.6 Å². The molecule has 0 aliphatic heterocycles. The number of amides is 1. The summed E-state index contributed by atoms with van der Waals surface area (Å²) in [6.07, 6.45) is 3.63. The van der Waals surface area contributed by atoms with Crippen molar-refractivity contribution in [2.24, 2.45) is 0 Å². The minimum Gasteiger partial charge on any atom is -0.452 e. The number of nitrogens with one attached hydrogen (secondary N) is 1. The van der Waals surface area contributed by atoms with Crippen LogP contribution < -0.4 is 5.32 Å². The van der Waals surface area contributed by atoms with Gasteiger partial charge in [0.2, 0.25) is 0 Å². The van der Waals surface area contributed by atoms with Crippen molar-refractivity contribution in [3.63, 3.8) is 0 Å². The number of ether oxygens (including phenoxy) is 1. The maximum Gasteiger partial charge on any atom is 0.343 e. The van der Waals surface area contributed by atoms with Crippen LogP contribution in [0.15, 0.2) is 42.5 Å². The van der Waals surface area contributed by atoms with E-state index >= 15 is 0 Å². The molecule has 0 unspecified atom stereocenters. The average molecular weight is 486 g/mol. The molecule has 4 rings (SSSR count). The van der Waals surface area contributed by atoms with E-state index in [2.05, 4.69) is 5.32 Å². The normalized spacial score (nSPS) is 12.7. The predicted octanol–water partition coefficient (Wildman–Crippen LogP) is 5.75. The fraction of sp³-hybridized carbons (Fsp3) is 0.240. The quantitative estimate of drug-likeness (QED) is 0.356. The SMILES string of the molecule is Cc1ccc(C(=O)c2c(NC(=O)COC(=O)c3c(F)cccc3Cl)sc3c2CCCC3)cc1. The summed E-state index contributed by atoms with van der Waals surface area (Å²) in [6, 6.07) is 11.1. The van der Waals surface area contributed by atoms with Crippen molar-refractivity contribution < 1.29 is 23.5 Å². The molecule has 1 aromatic heterocycles. The van der Waals surface area contributed by atoms with E-state index in [1.165, 1.54) is 23.5 Å². The van der Waals surface area contributed by atoms with E-state index in [4.69, 9.17) is 16.3 Å². The van der Waals surface area contributed by atoms with Crippen molar-refractivity contribution in [2.45, 2.75) is 32.6 Å². The molecular formula is C25H21ClFNO4S. The average Bonchev–Trinajstić information content (AvgIpc) is 3.15. The van der Waals surface area contributed by atoms with Gasteiger partial charge in [0.1, 0.15) is 16.4 Å². The number of rotatable bonds is 6. The Morgan fingerprint density at radius 3 is 2.52 bits per heavy atom. The van der Waals surface area contributed by atoms with Crippen LogP contribution in [0.1, 0.15) is 55.1 Å². The van der Waals surface area contributed by atoms with Gasteiger partial charge in [0, 0.05) is 10.4 Å². The zero-order valence-corrected chi connectivity index (χ0v) is 19.4. The van der Waals surface area contributed by atoms with Gasteiger partial charge in [-0.05, 0) is 50.3 Å². The van der Waals surface area contributed by atoms with Crippen LogP contribution in [-0.4, -0.2) is 24.3 Å². The number of benzene rings is 2. The number of halogens is 2. The Morgan fingerprint density at radius 2 is 1.79 bits per heavy atom. The number of carbonyl (C=O) groups is 3. The van der Waals surface area contributed by atoms with Crippen LogP contribution in [-0.2, 0) is 22.4 Å². The van der Waals surface area contributed by atoms with Gasteiger partial charge in [-0.15, -0.1) is 11.3 Å². The summed E-state index contributed by atoms with van der Waals surface area (Å²) >= 11 is 7.25. The van der Waals surface area contributed by atoms with Crippen LogP contribution in [0.5, 0.6) is 0 Å². The molecule has 5 nitrogen and oxygen atoms in total. The zero-order valence-electron chi connectivity index (χ0n) is 17.9. The monoisotopic (exact) mass is 485 g/mol. The van der Waals surface area contributed by atoms with E-state index in [0.29, 0.717) is 16.1 Å². The summed E-state index contributed by atoms with van der Waals surface area (Å²) in [7, 11) is 0. The van der Waals surface area contributed by atoms with E-state index < -0.39 is 29.9 Å².